The van der Waals surface area contributed by atoms with Crippen molar-refractivity contribution in [1.29, 1.82) is 0 Å². The summed E-state index contributed by atoms with van der Waals surface area (Å²) in [6.45, 7) is -3.10. The second-order valence-electron chi connectivity index (χ2n) is 10.7. The number of carboxylic acid groups (broad SMARTS) is 1. The Morgan fingerprint density at radius 2 is 1.38 bits per heavy atom. The van der Waals surface area contributed by atoms with E-state index < -0.39 is 79.6 Å². The molecule has 1 fully saturated rings. The summed E-state index contributed by atoms with van der Waals surface area (Å²) >= 11 is 0. The lowest BCUT2D eigenvalue weighted by Gasteiger charge is -2.41. The van der Waals surface area contributed by atoms with Crippen LogP contribution in [-0.4, -0.2) is 96.2 Å². The van der Waals surface area contributed by atoms with Gasteiger partial charge in [-0.05, 0) is 37.5 Å². The molecule has 0 saturated heterocycles. The molecule has 2 N–H and O–H groups in total. The predicted octanol–water partition coefficient (Wildman–Crippen LogP) is 7.18. The van der Waals surface area contributed by atoms with Crippen molar-refractivity contribution in [2.45, 2.75) is 93.4 Å². The van der Waals surface area contributed by atoms with Crippen molar-refractivity contribution in [3.05, 3.63) is 29.8 Å². The van der Waals surface area contributed by atoms with Crippen LogP contribution in [0, 0.1) is 0 Å². The quantitative estimate of drug-likeness (QED) is 0.178. The highest BCUT2D eigenvalue weighted by Crippen LogP contribution is 2.60. The lowest BCUT2D eigenvalue weighted by Crippen LogP contribution is -2.71. The van der Waals surface area contributed by atoms with Gasteiger partial charge in [0.1, 0.15) is 12.4 Å². The molecule has 1 aliphatic carbocycles. The second kappa shape index (κ2) is 14.9. The fourth-order valence-electron chi connectivity index (χ4n) is 4.53. The smallest absolute Gasteiger partial charge is 0.460 e. The lowest BCUT2D eigenvalue weighted by molar-refractivity contribution is -0.439. The average molecular weight is 711 g/mol. The first-order valence-electron chi connectivity index (χ1n) is 14.0. The van der Waals surface area contributed by atoms with Crippen LogP contribution in [0.3, 0.4) is 0 Å². The van der Waals surface area contributed by atoms with E-state index >= 15 is 0 Å². The first kappa shape index (κ1) is 40.0. The molecule has 0 aromatic heterocycles. The van der Waals surface area contributed by atoms with Crippen molar-refractivity contribution in [3.63, 3.8) is 0 Å². The van der Waals surface area contributed by atoms with Gasteiger partial charge < -0.3 is 24.8 Å². The van der Waals surface area contributed by atoms with Crippen LogP contribution in [0.2, 0.25) is 0 Å². The number of nitrogens with zero attached hydrogens (tertiary/aromatic N) is 1. The van der Waals surface area contributed by atoms with Crippen LogP contribution in [-0.2, 0) is 16.0 Å². The van der Waals surface area contributed by atoms with Gasteiger partial charge in [0, 0.05) is 19.1 Å². The van der Waals surface area contributed by atoms with Crippen molar-refractivity contribution in [2.24, 2.45) is 0 Å². The normalized spacial score (nSPS) is 16.5. The van der Waals surface area contributed by atoms with E-state index in [1.165, 1.54) is 24.3 Å². The zero-order valence-electron chi connectivity index (χ0n) is 24.5. The summed E-state index contributed by atoms with van der Waals surface area (Å²) in [4.78, 5) is 23.8. The number of nitrogens with one attached hydrogen (secondary N) is 1. The zero-order chi connectivity index (χ0) is 36.1. The number of amides is 2. The molecular formula is C27H31F13N2O5. The number of aliphatic carboxylic acids is 1. The van der Waals surface area contributed by atoms with Crippen LogP contribution in [0.4, 0.5) is 61.9 Å². The first-order chi connectivity index (χ1) is 21.4. The lowest BCUT2D eigenvalue weighted by atomic mass is 9.93. The third-order valence-corrected chi connectivity index (χ3v) is 7.23. The molecule has 270 valence electrons. The summed E-state index contributed by atoms with van der Waals surface area (Å²) in [6, 6.07) is 2.94. The number of carbonyl (C=O) groups is 2. The van der Waals surface area contributed by atoms with Crippen LogP contribution in [0.15, 0.2) is 24.3 Å². The van der Waals surface area contributed by atoms with Gasteiger partial charge in [0.2, 0.25) is 0 Å². The van der Waals surface area contributed by atoms with E-state index in [1.54, 1.807) is 6.92 Å². The Morgan fingerprint density at radius 1 is 0.851 bits per heavy atom. The Hall–Kier alpha value is -3.19. The number of carboxylic acids is 1. The average Bonchev–Trinajstić information content (AvgIpc) is 2.96. The summed E-state index contributed by atoms with van der Waals surface area (Å²) in [5.41, 5.74) is 0.433. The van der Waals surface area contributed by atoms with E-state index in [0.717, 1.165) is 6.42 Å². The molecule has 1 atom stereocenters. The summed E-state index contributed by atoms with van der Waals surface area (Å²) in [7, 11) is 0. The Kier molecular flexibility index (Phi) is 12.7. The topological polar surface area (TPSA) is 88.1 Å². The SMILES string of the molecule is CCOC(Cc1ccc(OCCN(CC(F)(F)C(F)(F)C(F)(F)C(F)(F)C(F)(F)C(F)(F)F)C(=O)NC2CCCCC2)cc1)C(=O)O. The van der Waals surface area contributed by atoms with Gasteiger partial charge in [-0.1, -0.05) is 31.4 Å². The Bertz CT molecular complexity index is 1190. The number of carbonyl (C=O) groups excluding carboxylic acids is 1. The van der Waals surface area contributed by atoms with Crippen LogP contribution in [0.5, 0.6) is 5.75 Å². The molecule has 2 amide bonds. The highest BCUT2D eigenvalue weighted by molar-refractivity contribution is 5.74. The fraction of sp³-hybridized carbons (Fsp3) is 0.704. The Labute approximate surface area is 259 Å². The molecule has 0 radical (unpaired) electrons. The number of hydrogen-bond donors (Lipinski definition) is 2. The van der Waals surface area contributed by atoms with Crippen LogP contribution >= 0.6 is 0 Å². The molecule has 1 aromatic carbocycles. The fourth-order valence-corrected chi connectivity index (χ4v) is 4.53. The van der Waals surface area contributed by atoms with Crippen molar-refractivity contribution in [3.8, 4) is 5.75 Å². The van der Waals surface area contributed by atoms with E-state index in [4.69, 9.17) is 9.47 Å². The molecule has 1 aliphatic rings. The van der Waals surface area contributed by atoms with E-state index in [0.29, 0.717) is 18.4 Å². The van der Waals surface area contributed by atoms with Crippen LogP contribution < -0.4 is 10.1 Å². The molecule has 0 spiro atoms. The minimum atomic E-state index is -8.05. The van der Waals surface area contributed by atoms with Crippen molar-refractivity contribution in [2.75, 3.05) is 26.3 Å². The number of urea groups is 1. The molecule has 0 bridgehead atoms. The molecule has 20 heteroatoms. The van der Waals surface area contributed by atoms with Gasteiger partial charge in [-0.15, -0.1) is 0 Å². The van der Waals surface area contributed by atoms with Crippen LogP contribution in [0.25, 0.3) is 0 Å². The molecule has 47 heavy (non-hydrogen) atoms. The van der Waals surface area contributed by atoms with E-state index in [2.05, 4.69) is 5.32 Å². The number of ether oxygens (including phenoxy) is 2. The number of benzene rings is 1. The highest BCUT2D eigenvalue weighted by Gasteiger charge is 2.90. The van der Waals surface area contributed by atoms with Gasteiger partial charge in [0.25, 0.3) is 0 Å². The molecule has 1 unspecified atom stereocenters. The number of alkyl halides is 13. The Balaban J connectivity index is 2.28. The summed E-state index contributed by atoms with van der Waals surface area (Å²) in [5, 5.41) is 11.4. The third-order valence-electron chi connectivity index (χ3n) is 7.23. The molecule has 7 nitrogen and oxygen atoms in total. The largest absolute Gasteiger partial charge is 0.492 e. The predicted molar refractivity (Wildman–Crippen MR) is 136 cm³/mol. The maximum absolute atomic E-state index is 14.7. The molecular weight excluding hydrogens is 679 g/mol. The molecule has 1 saturated carbocycles. The van der Waals surface area contributed by atoms with Crippen molar-refractivity contribution >= 4 is 12.0 Å². The van der Waals surface area contributed by atoms with Gasteiger partial charge in [0.05, 0.1) is 13.1 Å². The molecule has 0 aliphatic heterocycles. The maximum Gasteiger partial charge on any atom is 0.460 e. The summed E-state index contributed by atoms with van der Waals surface area (Å²) in [6.07, 6.45) is -6.42. The second-order valence-corrected chi connectivity index (χ2v) is 10.7. The number of rotatable bonds is 16. The Morgan fingerprint density at radius 3 is 1.87 bits per heavy atom. The number of halogens is 13. The minimum Gasteiger partial charge on any atom is -0.492 e. The van der Waals surface area contributed by atoms with Gasteiger partial charge in [0.15, 0.2) is 6.10 Å². The van der Waals surface area contributed by atoms with Crippen molar-refractivity contribution in [1.82, 2.24) is 10.2 Å². The summed E-state index contributed by atoms with van der Waals surface area (Å²) < 4.78 is 188. The zero-order valence-corrected chi connectivity index (χ0v) is 24.5. The van der Waals surface area contributed by atoms with E-state index in [9.17, 15) is 71.8 Å². The van der Waals surface area contributed by atoms with Gasteiger partial charge in [-0.25, -0.2) is 9.59 Å². The molecule has 0 heterocycles. The van der Waals surface area contributed by atoms with Gasteiger partial charge in [-0.2, -0.15) is 57.1 Å². The van der Waals surface area contributed by atoms with E-state index in [1.807, 2.05) is 0 Å². The summed E-state index contributed by atoms with van der Waals surface area (Å²) in [5.74, 6) is -39.2. The van der Waals surface area contributed by atoms with Gasteiger partial charge in [-0.3, -0.25) is 0 Å². The maximum atomic E-state index is 14.7. The molecule has 2 rings (SSSR count). The third kappa shape index (κ3) is 8.84. The monoisotopic (exact) mass is 710 g/mol. The minimum absolute atomic E-state index is 0.0534. The number of hydrogen-bond acceptors (Lipinski definition) is 4. The first-order valence-corrected chi connectivity index (χ1v) is 14.0. The van der Waals surface area contributed by atoms with Crippen LogP contribution in [0.1, 0.15) is 44.6 Å². The standard InChI is InChI=1S/C27H31F13N2O5/c1-2-46-19(20(43)44)14-16-8-10-18(11-9-16)47-13-12-42(21(45)41-17-6-4-3-5-7-17)15-22(28,29)23(30,31)24(32,33)25(34,35)26(36,37)27(38,39)40/h8-11,17,19H,2-7,12-15H2,1H3,(H,41,45)(H,43,44). The molecule has 1 aromatic rings. The van der Waals surface area contributed by atoms with Crippen molar-refractivity contribution < 1.29 is 81.2 Å². The van der Waals surface area contributed by atoms with E-state index in [-0.39, 0.29) is 36.5 Å². The van der Waals surface area contributed by atoms with Gasteiger partial charge >= 0.3 is 47.8 Å². The highest BCUT2D eigenvalue weighted by atomic mass is 19.4.